The highest BCUT2D eigenvalue weighted by Crippen LogP contribution is 2.47. The molecule has 80 heavy (non-hydrogen) atoms. The quantitative estimate of drug-likeness (QED) is 0.0995. The molecule has 416 valence electrons. The number of fused-ring (bicyclic) bond motifs is 4. The summed E-state index contributed by atoms with van der Waals surface area (Å²) in [5.74, 6) is 1.60. The van der Waals surface area contributed by atoms with Crippen LogP contribution in [0, 0.1) is 11.8 Å². The second-order valence-corrected chi connectivity index (χ2v) is 23.5. The number of hydrogen-bond donors (Lipinski definition) is 2. The molecule has 3 aromatic carbocycles. The minimum atomic E-state index is -2.64. The van der Waals surface area contributed by atoms with Gasteiger partial charge in [-0.15, -0.1) is 0 Å². The minimum absolute atomic E-state index is 0.00875. The van der Waals surface area contributed by atoms with Crippen molar-refractivity contribution in [3.63, 3.8) is 0 Å². The molecule has 19 heteroatoms. The van der Waals surface area contributed by atoms with Crippen LogP contribution in [0.4, 0.5) is 20.2 Å². The van der Waals surface area contributed by atoms with Crippen molar-refractivity contribution in [2.75, 3.05) is 37.0 Å². The van der Waals surface area contributed by atoms with Crippen LogP contribution in [0.2, 0.25) is 0 Å². The predicted octanol–water partition coefficient (Wildman–Crippen LogP) is 10.3. The maximum absolute atomic E-state index is 13.3. The number of ether oxygens (including phenoxy) is 3. The summed E-state index contributed by atoms with van der Waals surface area (Å²) >= 11 is 0. The number of carbonyl (C=O) groups is 4. The van der Waals surface area contributed by atoms with Crippen molar-refractivity contribution in [2.24, 2.45) is 11.8 Å². The van der Waals surface area contributed by atoms with E-state index in [1.54, 1.807) is 33.4 Å². The number of nitrogens with one attached hydrogen (secondary N) is 2. The number of anilines is 2. The Balaban J connectivity index is 0.000000161. The Morgan fingerprint density at radius 3 is 1.82 bits per heavy atom. The van der Waals surface area contributed by atoms with Gasteiger partial charge >= 0.3 is 0 Å². The van der Waals surface area contributed by atoms with Crippen molar-refractivity contribution < 1.29 is 42.2 Å². The Morgan fingerprint density at radius 2 is 1.27 bits per heavy atom. The molecule has 2 saturated heterocycles. The fourth-order valence-electron chi connectivity index (χ4n) is 11.9. The number of pyridine rings is 2. The Hall–Kier alpha value is -7.96. The summed E-state index contributed by atoms with van der Waals surface area (Å²) in [6.45, 7) is 13.9. The SMILES string of the molecule is COc1ccc([C@@H](C)N2C[C@H]([C@@H](C)Oc3nc(-c4ccc5c(c4)NC(=O)C5(C)C)cc4ncn(C5CC5)c34)CC2=O)cc1.C[C@@H](Oc1nc(-c2ccc3c(c2)N(CC(F)F)C(=O)C3(C)C)cc2ncn(C3CC3)c12)[C@H]1CNC(=O)C1. The number of methoxy groups -OCH3 is 1. The Kier molecular flexibility index (Phi) is 13.2. The van der Waals surface area contributed by atoms with Crippen molar-refractivity contribution in [2.45, 2.75) is 135 Å². The van der Waals surface area contributed by atoms with Gasteiger partial charge in [0.25, 0.3) is 6.43 Å². The number of halogens is 2. The van der Waals surface area contributed by atoms with Crippen LogP contribution in [0.5, 0.6) is 17.5 Å². The number of imidazole rings is 2. The molecule has 8 heterocycles. The zero-order chi connectivity index (χ0) is 56.1. The number of hydrogen-bond acceptors (Lipinski definition) is 11. The first kappa shape index (κ1) is 52.7. The molecule has 2 N–H and O–H groups in total. The van der Waals surface area contributed by atoms with E-state index in [2.05, 4.69) is 31.7 Å². The third-order valence-electron chi connectivity index (χ3n) is 17.3. The molecule has 0 unspecified atom stereocenters. The van der Waals surface area contributed by atoms with E-state index in [1.807, 2.05) is 106 Å². The third-order valence-corrected chi connectivity index (χ3v) is 17.3. The molecule has 4 aromatic heterocycles. The maximum atomic E-state index is 13.3. The number of nitrogens with zero attached hydrogens (tertiary/aromatic N) is 8. The highest BCUT2D eigenvalue weighted by Gasteiger charge is 2.45. The van der Waals surface area contributed by atoms with E-state index in [0.29, 0.717) is 72.3 Å². The van der Waals surface area contributed by atoms with Gasteiger partial charge in [0.15, 0.2) is 0 Å². The van der Waals surface area contributed by atoms with Crippen LogP contribution in [0.15, 0.2) is 85.5 Å². The van der Waals surface area contributed by atoms with Crippen molar-refractivity contribution in [1.82, 2.24) is 39.3 Å². The van der Waals surface area contributed by atoms with Crippen LogP contribution in [0.3, 0.4) is 0 Å². The van der Waals surface area contributed by atoms with E-state index in [4.69, 9.17) is 29.2 Å². The second kappa shape index (κ2) is 20.0. The number of likely N-dealkylation sites (tertiary alicyclic amines) is 1. The molecule has 7 aromatic rings. The molecule has 4 aliphatic heterocycles. The first-order valence-electron chi connectivity index (χ1n) is 27.8. The number of carbonyl (C=O) groups excluding carboxylic acids is 4. The molecule has 0 radical (unpaired) electrons. The number of rotatable bonds is 15. The lowest BCUT2D eigenvalue weighted by molar-refractivity contribution is -0.129. The standard InChI is InChI=1S/C34H37N5O4.C27H29F2N5O3/c1-19(21-6-11-25(42-5)12-7-21)38-17-23(15-30(38)40)20(2)43-32-31-29(35-18-39(31)24-9-10-24)16-27(36-32)22-8-13-26-28(14-22)37-33(41)34(26,3)4;1-14(16-9-23(35)30-11-16)37-25-24-20(31-13-34(24)17-5-6-17)10-19(32-25)15-4-7-18-21(8-15)33(12-22(28)29)26(36)27(18,2)3/h6-8,11-14,16,18-20,23-24H,9-10,15,17H2,1-5H3,(H,37,41);4,7-8,10,13-14,16-17,22H,5-6,9,11-12H2,1-3H3,(H,30,35)/t19-,20-,23-;14-,16-/m11/s1. The van der Waals surface area contributed by atoms with Crippen LogP contribution in [0.1, 0.15) is 122 Å². The van der Waals surface area contributed by atoms with Crippen LogP contribution < -0.4 is 29.7 Å². The van der Waals surface area contributed by atoms with Crippen LogP contribution in [-0.4, -0.2) is 103 Å². The van der Waals surface area contributed by atoms with Crippen molar-refractivity contribution in [3.8, 4) is 40.0 Å². The van der Waals surface area contributed by atoms with Gasteiger partial charge in [-0.3, -0.25) is 19.2 Å². The maximum Gasteiger partial charge on any atom is 0.256 e. The molecule has 6 aliphatic rings. The normalized spacial score (nSPS) is 21.1. The third kappa shape index (κ3) is 9.54. The van der Waals surface area contributed by atoms with Crippen LogP contribution in [0.25, 0.3) is 44.6 Å². The molecule has 13 rings (SSSR count). The fraction of sp³-hybridized carbons (Fsp3) is 0.443. The molecule has 0 bridgehead atoms. The van der Waals surface area contributed by atoms with E-state index in [0.717, 1.165) is 81.6 Å². The van der Waals surface area contributed by atoms with Gasteiger partial charge in [0, 0.05) is 72.4 Å². The van der Waals surface area contributed by atoms with Gasteiger partial charge in [0.2, 0.25) is 35.4 Å². The zero-order valence-electron chi connectivity index (χ0n) is 46.3. The summed E-state index contributed by atoms with van der Waals surface area (Å²) in [5, 5.41) is 5.87. The van der Waals surface area contributed by atoms with Crippen molar-refractivity contribution in [1.29, 1.82) is 0 Å². The van der Waals surface area contributed by atoms with Gasteiger partial charge < -0.3 is 43.8 Å². The van der Waals surface area contributed by atoms with Gasteiger partial charge in [-0.1, -0.05) is 36.4 Å². The Labute approximate surface area is 462 Å². The molecular formula is C61H66F2N10O7. The number of amides is 4. The average Bonchev–Trinajstić information content (AvgIpc) is 4.21. The summed E-state index contributed by atoms with van der Waals surface area (Å²) in [6, 6.07) is 23.9. The zero-order valence-corrected chi connectivity index (χ0v) is 46.3. The molecule has 4 amide bonds. The first-order valence-corrected chi connectivity index (χ1v) is 27.8. The molecule has 2 aliphatic carbocycles. The first-order chi connectivity index (χ1) is 38.3. The largest absolute Gasteiger partial charge is 0.497 e. The fourth-order valence-corrected chi connectivity index (χ4v) is 11.9. The molecule has 2 saturated carbocycles. The highest BCUT2D eigenvalue weighted by atomic mass is 19.3. The average molecular weight is 1090 g/mol. The lowest BCUT2D eigenvalue weighted by atomic mass is 9.85. The van der Waals surface area contributed by atoms with Crippen LogP contribution in [-0.2, 0) is 30.0 Å². The number of aromatic nitrogens is 6. The van der Waals surface area contributed by atoms with E-state index >= 15 is 0 Å². The topological polar surface area (TPSA) is 188 Å². The van der Waals surface area contributed by atoms with Gasteiger partial charge in [-0.25, -0.2) is 28.7 Å². The van der Waals surface area contributed by atoms with Crippen LogP contribution >= 0.6 is 0 Å². The molecule has 0 spiro atoms. The lowest BCUT2D eigenvalue weighted by Gasteiger charge is -2.27. The van der Waals surface area contributed by atoms with E-state index in [-0.39, 0.29) is 53.7 Å². The van der Waals surface area contributed by atoms with E-state index in [1.165, 1.54) is 4.90 Å². The van der Waals surface area contributed by atoms with Gasteiger partial charge in [0.1, 0.15) is 29.0 Å². The predicted molar refractivity (Wildman–Crippen MR) is 298 cm³/mol. The molecule has 17 nitrogen and oxygen atoms in total. The Bertz CT molecular complexity index is 3620. The minimum Gasteiger partial charge on any atom is -0.497 e. The lowest BCUT2D eigenvalue weighted by Crippen LogP contribution is -2.38. The van der Waals surface area contributed by atoms with E-state index in [9.17, 15) is 28.0 Å². The second-order valence-electron chi connectivity index (χ2n) is 23.5. The molecular weight excluding hydrogens is 1020 g/mol. The Morgan fingerprint density at radius 1 is 0.700 bits per heavy atom. The highest BCUT2D eigenvalue weighted by molar-refractivity contribution is 6.08. The van der Waals surface area contributed by atoms with Gasteiger partial charge in [-0.2, -0.15) is 0 Å². The number of alkyl halides is 2. The number of benzene rings is 3. The van der Waals surface area contributed by atoms with Crippen molar-refractivity contribution >= 4 is 57.1 Å². The summed E-state index contributed by atoms with van der Waals surface area (Å²) in [6.07, 6.45) is 5.72. The monoisotopic (exact) mass is 1090 g/mol. The smallest absolute Gasteiger partial charge is 0.256 e. The van der Waals surface area contributed by atoms with E-state index < -0.39 is 23.8 Å². The summed E-state index contributed by atoms with van der Waals surface area (Å²) in [5.41, 5.74) is 8.70. The molecule has 4 fully saturated rings. The summed E-state index contributed by atoms with van der Waals surface area (Å²) in [7, 11) is 1.65. The molecule has 5 atom stereocenters. The van der Waals surface area contributed by atoms with Crippen molar-refractivity contribution in [3.05, 3.63) is 102 Å². The summed E-state index contributed by atoms with van der Waals surface area (Å²) in [4.78, 5) is 72.8. The van der Waals surface area contributed by atoms with Gasteiger partial charge in [-0.05, 0) is 127 Å². The van der Waals surface area contributed by atoms with Gasteiger partial charge in [0.05, 0.1) is 65.6 Å². The summed E-state index contributed by atoms with van der Waals surface area (Å²) < 4.78 is 49.3.